The number of aliphatic hydroxyl groups is 2. The van der Waals surface area contributed by atoms with Gasteiger partial charge in [0.1, 0.15) is 13.2 Å². The van der Waals surface area contributed by atoms with Crippen molar-refractivity contribution < 1.29 is 67.9 Å². The van der Waals surface area contributed by atoms with Gasteiger partial charge in [0.05, 0.1) is 0 Å². The minimum atomic E-state index is -1.21. The Labute approximate surface area is 96.1 Å². The fraction of sp³-hybridized carbons (Fsp3) is 1.00. The van der Waals surface area contributed by atoms with Crippen molar-refractivity contribution in [2.75, 3.05) is 13.2 Å². The topological polar surface area (TPSA) is 83.6 Å². The number of nitrogens with zero attached hydrogens (tertiary/aromatic N) is 1. The molecule has 5 nitrogen and oxygen atoms in total. The molecule has 0 amide bonds. The van der Waals surface area contributed by atoms with Gasteiger partial charge in [-0.3, -0.25) is 10.1 Å². The molecular formula is C3H8KNO4. The first kappa shape index (κ1) is 12.6. The third kappa shape index (κ3) is 5.40. The van der Waals surface area contributed by atoms with Crippen molar-refractivity contribution in [2.24, 2.45) is 0 Å². The first-order valence-electron chi connectivity index (χ1n) is 2.07. The van der Waals surface area contributed by atoms with Crippen LogP contribution in [0.1, 0.15) is 1.43 Å². The number of hydrogen-bond donors (Lipinski definition) is 2. The molecule has 0 bridgehead atoms. The molecule has 0 saturated heterocycles. The van der Waals surface area contributed by atoms with Crippen LogP contribution in [-0.2, 0) is 0 Å². The van der Waals surface area contributed by atoms with Gasteiger partial charge >= 0.3 is 51.4 Å². The zero-order valence-corrected chi connectivity index (χ0v) is 8.27. The van der Waals surface area contributed by atoms with Crippen LogP contribution in [0.4, 0.5) is 0 Å². The SMILES string of the molecule is O=[N+]([O-])C(CO)CO.[H-].[K+]. The zero-order chi connectivity index (χ0) is 6.57. The molecule has 50 valence electrons. The van der Waals surface area contributed by atoms with E-state index in [1.54, 1.807) is 0 Å². The van der Waals surface area contributed by atoms with Gasteiger partial charge in [0.25, 0.3) is 6.04 Å². The largest absolute Gasteiger partial charge is 1.00 e. The van der Waals surface area contributed by atoms with E-state index in [0.717, 1.165) is 0 Å². The van der Waals surface area contributed by atoms with Crippen molar-refractivity contribution in [1.82, 2.24) is 0 Å². The Bertz CT molecular complexity index is 88.6. The van der Waals surface area contributed by atoms with E-state index in [1.165, 1.54) is 0 Å². The molecular weight excluding hydrogens is 153 g/mol. The number of nitro groups is 1. The number of rotatable bonds is 3. The van der Waals surface area contributed by atoms with Crippen molar-refractivity contribution in [1.29, 1.82) is 0 Å². The van der Waals surface area contributed by atoms with Gasteiger partial charge in [0.15, 0.2) is 0 Å². The second-order valence-corrected chi connectivity index (χ2v) is 1.30. The monoisotopic (exact) mass is 161 g/mol. The predicted molar refractivity (Wildman–Crippen MR) is 26.1 cm³/mol. The molecule has 0 unspecified atom stereocenters. The van der Waals surface area contributed by atoms with Crippen LogP contribution in [0.15, 0.2) is 0 Å². The molecule has 0 heterocycles. The summed E-state index contributed by atoms with van der Waals surface area (Å²) < 4.78 is 0. The molecule has 9 heavy (non-hydrogen) atoms. The normalized spacial score (nSPS) is 8.78. The first-order valence-corrected chi connectivity index (χ1v) is 2.07. The quantitative estimate of drug-likeness (QED) is 0.249. The third-order valence-corrected chi connectivity index (χ3v) is 0.720. The fourth-order valence-electron chi connectivity index (χ4n) is 0.191. The smallest absolute Gasteiger partial charge is 1.00 e. The van der Waals surface area contributed by atoms with E-state index < -0.39 is 24.2 Å². The molecule has 0 aromatic rings. The van der Waals surface area contributed by atoms with Crippen molar-refractivity contribution in [2.45, 2.75) is 6.04 Å². The standard InChI is InChI=1S/C3H7NO4.K.H/c5-1-3(2-6)4(7)8;;/h3,5-6H,1-2H2;;/q;+1;-1. The van der Waals surface area contributed by atoms with Gasteiger partial charge in [-0.1, -0.05) is 0 Å². The Morgan fingerprint density at radius 3 is 1.89 bits per heavy atom. The van der Waals surface area contributed by atoms with Crippen LogP contribution in [0.2, 0.25) is 0 Å². The molecule has 0 spiro atoms. The molecule has 0 aromatic heterocycles. The summed E-state index contributed by atoms with van der Waals surface area (Å²) in [5, 5.41) is 25.8. The van der Waals surface area contributed by atoms with Crippen LogP contribution in [-0.4, -0.2) is 34.4 Å². The summed E-state index contributed by atoms with van der Waals surface area (Å²) in [7, 11) is 0. The fourth-order valence-corrected chi connectivity index (χ4v) is 0.191. The van der Waals surface area contributed by atoms with Crippen LogP contribution in [0.5, 0.6) is 0 Å². The van der Waals surface area contributed by atoms with Crippen LogP contribution in [0.3, 0.4) is 0 Å². The predicted octanol–water partition coefficient (Wildman–Crippen LogP) is -4.27. The summed E-state index contributed by atoms with van der Waals surface area (Å²) in [5.74, 6) is 0. The number of hydrogen-bond acceptors (Lipinski definition) is 4. The van der Waals surface area contributed by atoms with E-state index >= 15 is 0 Å². The molecule has 0 aliphatic heterocycles. The molecule has 0 aliphatic rings. The van der Waals surface area contributed by atoms with Gasteiger partial charge in [-0.05, 0) is 0 Å². The van der Waals surface area contributed by atoms with Crippen molar-refractivity contribution >= 4 is 0 Å². The molecule has 0 radical (unpaired) electrons. The van der Waals surface area contributed by atoms with Gasteiger partial charge in [-0.15, -0.1) is 0 Å². The third-order valence-electron chi connectivity index (χ3n) is 0.720. The minimum Gasteiger partial charge on any atom is -1.00 e. The van der Waals surface area contributed by atoms with Crippen molar-refractivity contribution in [3.8, 4) is 0 Å². The zero-order valence-electron chi connectivity index (χ0n) is 6.15. The minimum absolute atomic E-state index is 0. The van der Waals surface area contributed by atoms with Crippen LogP contribution in [0, 0.1) is 10.1 Å². The summed E-state index contributed by atoms with van der Waals surface area (Å²) in [4.78, 5) is 8.92. The average molecular weight is 161 g/mol. The Morgan fingerprint density at radius 2 is 1.89 bits per heavy atom. The Hall–Kier alpha value is 0.956. The maximum absolute atomic E-state index is 9.65. The van der Waals surface area contributed by atoms with E-state index in [9.17, 15) is 10.1 Å². The van der Waals surface area contributed by atoms with Crippen molar-refractivity contribution in [3.63, 3.8) is 0 Å². The second kappa shape index (κ2) is 7.07. The molecule has 0 rings (SSSR count). The number of aliphatic hydroxyl groups excluding tert-OH is 2. The Balaban J connectivity index is -0.000000245. The first-order chi connectivity index (χ1) is 3.72. The Kier molecular flexibility index (Phi) is 9.91. The van der Waals surface area contributed by atoms with Gasteiger partial charge in [-0.25, -0.2) is 0 Å². The van der Waals surface area contributed by atoms with E-state index in [0.29, 0.717) is 0 Å². The Morgan fingerprint density at radius 1 is 1.56 bits per heavy atom. The van der Waals surface area contributed by atoms with Crippen LogP contribution < -0.4 is 51.4 Å². The molecule has 0 fully saturated rings. The summed E-state index contributed by atoms with van der Waals surface area (Å²) >= 11 is 0. The molecule has 0 aromatic carbocycles. The molecule has 6 heteroatoms. The van der Waals surface area contributed by atoms with Gasteiger partial charge in [0, 0.05) is 4.92 Å². The molecule has 0 aliphatic carbocycles. The van der Waals surface area contributed by atoms with E-state index in [1.807, 2.05) is 0 Å². The summed E-state index contributed by atoms with van der Waals surface area (Å²) in [6.45, 7) is -1.22. The van der Waals surface area contributed by atoms with Crippen LogP contribution >= 0.6 is 0 Å². The maximum Gasteiger partial charge on any atom is 1.00 e. The summed E-state index contributed by atoms with van der Waals surface area (Å²) in [6, 6.07) is -1.21. The molecule has 0 saturated carbocycles. The second-order valence-electron chi connectivity index (χ2n) is 1.30. The van der Waals surface area contributed by atoms with Crippen molar-refractivity contribution in [3.05, 3.63) is 10.1 Å². The summed E-state index contributed by atoms with van der Waals surface area (Å²) in [6.07, 6.45) is 0. The van der Waals surface area contributed by atoms with Gasteiger partial charge in [0.2, 0.25) is 0 Å². The van der Waals surface area contributed by atoms with Gasteiger partial charge in [-0.2, -0.15) is 0 Å². The molecule has 0 atom stereocenters. The van der Waals surface area contributed by atoms with E-state index in [4.69, 9.17) is 10.2 Å². The average Bonchev–Trinajstić information content (AvgIpc) is 1.69. The maximum atomic E-state index is 9.65. The van der Waals surface area contributed by atoms with Gasteiger partial charge < -0.3 is 11.6 Å². The van der Waals surface area contributed by atoms with E-state index in [2.05, 4.69) is 0 Å². The molecule has 2 N–H and O–H groups in total. The summed E-state index contributed by atoms with van der Waals surface area (Å²) in [5.41, 5.74) is 0. The van der Waals surface area contributed by atoms with E-state index in [-0.39, 0.29) is 52.8 Å². The van der Waals surface area contributed by atoms with Crippen LogP contribution in [0.25, 0.3) is 0 Å².